The lowest BCUT2D eigenvalue weighted by Crippen LogP contribution is -2.38. The molecule has 1 saturated heterocycles. The van der Waals surface area contributed by atoms with Crippen LogP contribution in [0.2, 0.25) is 0 Å². The number of benzene rings is 2. The summed E-state index contributed by atoms with van der Waals surface area (Å²) in [6, 6.07) is 13.4. The molecule has 2 aromatic carbocycles. The Morgan fingerprint density at radius 1 is 0.935 bits per heavy atom. The van der Waals surface area contributed by atoms with Crippen molar-refractivity contribution < 1.29 is 18.0 Å². The smallest absolute Gasteiger partial charge is 0.255 e. The zero-order chi connectivity index (χ0) is 22.0. The van der Waals surface area contributed by atoms with Crippen LogP contribution in [0.1, 0.15) is 36.0 Å². The first-order valence-corrected chi connectivity index (χ1v) is 11.9. The Morgan fingerprint density at radius 3 is 2.19 bits per heavy atom. The molecule has 0 spiro atoms. The first-order chi connectivity index (χ1) is 14.8. The summed E-state index contributed by atoms with van der Waals surface area (Å²) in [5.74, 6) is -0.695. The Kier molecular flexibility index (Phi) is 5.97. The highest BCUT2D eigenvalue weighted by Gasteiger charge is 2.28. The van der Waals surface area contributed by atoms with E-state index in [1.54, 1.807) is 0 Å². The van der Waals surface area contributed by atoms with Crippen molar-refractivity contribution in [3.8, 4) is 0 Å². The van der Waals surface area contributed by atoms with Crippen molar-refractivity contribution in [2.45, 2.75) is 36.6 Å². The number of nitrogens with one attached hydrogen (secondary N) is 2. The van der Waals surface area contributed by atoms with Gasteiger partial charge in [-0.15, -0.1) is 0 Å². The molecule has 2 amide bonds. The number of hydrogen-bond acceptors (Lipinski definition) is 5. The molecule has 0 bridgehead atoms. The Bertz CT molecular complexity index is 1070. The minimum absolute atomic E-state index is 0.0255. The number of carbonyl (C=O) groups is 2. The molecule has 1 aliphatic heterocycles. The van der Waals surface area contributed by atoms with Gasteiger partial charge in [0.1, 0.15) is 0 Å². The van der Waals surface area contributed by atoms with Crippen LogP contribution in [-0.2, 0) is 14.8 Å². The van der Waals surface area contributed by atoms with Crippen molar-refractivity contribution in [2.24, 2.45) is 11.7 Å². The molecule has 1 saturated carbocycles. The van der Waals surface area contributed by atoms with Crippen LogP contribution >= 0.6 is 0 Å². The minimum Gasteiger partial charge on any atom is -0.370 e. The number of anilines is 2. The van der Waals surface area contributed by atoms with Crippen LogP contribution in [0.4, 0.5) is 11.4 Å². The van der Waals surface area contributed by atoms with Gasteiger partial charge in [0.2, 0.25) is 15.9 Å². The molecule has 1 heterocycles. The number of carbonyl (C=O) groups excluding carboxylic acids is 2. The van der Waals surface area contributed by atoms with E-state index in [4.69, 9.17) is 5.73 Å². The van der Waals surface area contributed by atoms with E-state index in [2.05, 4.69) is 14.9 Å². The number of nitrogens with zero attached hydrogens (tertiary/aromatic N) is 1. The minimum atomic E-state index is -3.55. The average Bonchev–Trinajstić information content (AvgIpc) is 3.57. The summed E-state index contributed by atoms with van der Waals surface area (Å²) in [7, 11) is -3.55. The molecule has 31 heavy (non-hydrogen) atoms. The molecule has 4 rings (SSSR count). The van der Waals surface area contributed by atoms with Crippen molar-refractivity contribution in [3.05, 3.63) is 54.1 Å². The maximum absolute atomic E-state index is 12.8. The second kappa shape index (κ2) is 8.68. The number of amides is 2. The van der Waals surface area contributed by atoms with Crippen LogP contribution in [0.3, 0.4) is 0 Å². The molecule has 8 nitrogen and oxygen atoms in total. The highest BCUT2D eigenvalue weighted by atomic mass is 32.2. The van der Waals surface area contributed by atoms with Crippen LogP contribution in [0.15, 0.2) is 53.4 Å². The van der Waals surface area contributed by atoms with Crippen molar-refractivity contribution in [2.75, 3.05) is 23.3 Å². The molecular weight excluding hydrogens is 416 g/mol. The van der Waals surface area contributed by atoms with Crippen molar-refractivity contribution in [1.29, 1.82) is 0 Å². The monoisotopic (exact) mass is 442 g/mol. The Morgan fingerprint density at radius 2 is 1.58 bits per heavy atom. The number of piperidine rings is 1. The summed E-state index contributed by atoms with van der Waals surface area (Å²) in [6.45, 7) is 1.36. The van der Waals surface area contributed by atoms with E-state index in [0.29, 0.717) is 37.2 Å². The quantitative estimate of drug-likeness (QED) is 0.606. The summed E-state index contributed by atoms with van der Waals surface area (Å²) in [4.78, 5) is 26.5. The molecule has 2 fully saturated rings. The van der Waals surface area contributed by atoms with Gasteiger partial charge in [-0.3, -0.25) is 9.59 Å². The Labute approximate surface area is 181 Å². The molecule has 0 unspecified atom stereocenters. The third-order valence-corrected chi connectivity index (χ3v) is 7.25. The van der Waals surface area contributed by atoms with E-state index < -0.39 is 10.0 Å². The van der Waals surface area contributed by atoms with Gasteiger partial charge in [-0.05, 0) is 62.1 Å². The highest BCUT2D eigenvalue weighted by Crippen LogP contribution is 2.30. The van der Waals surface area contributed by atoms with E-state index in [1.165, 1.54) is 24.3 Å². The van der Waals surface area contributed by atoms with Crippen molar-refractivity contribution >= 4 is 33.2 Å². The molecule has 9 heteroatoms. The lowest BCUT2D eigenvalue weighted by atomic mass is 9.96. The summed E-state index contributed by atoms with van der Waals surface area (Å²) < 4.78 is 27.2. The lowest BCUT2D eigenvalue weighted by molar-refractivity contribution is -0.122. The number of para-hydroxylation sites is 2. The number of nitrogens with two attached hydrogens (primary N) is 1. The largest absolute Gasteiger partial charge is 0.370 e. The van der Waals surface area contributed by atoms with E-state index in [9.17, 15) is 18.0 Å². The van der Waals surface area contributed by atoms with Gasteiger partial charge >= 0.3 is 0 Å². The molecule has 164 valence electrons. The van der Waals surface area contributed by atoms with Crippen LogP contribution in [0, 0.1) is 5.92 Å². The van der Waals surface area contributed by atoms with Gasteiger partial charge in [0, 0.05) is 30.6 Å². The molecule has 2 aromatic rings. The third-order valence-electron chi connectivity index (χ3n) is 5.72. The normalized spacial score (nSPS) is 17.4. The molecule has 0 atom stereocenters. The summed E-state index contributed by atoms with van der Waals surface area (Å²) in [5.41, 5.74) is 7.33. The summed E-state index contributed by atoms with van der Waals surface area (Å²) in [6.07, 6.45) is 3.09. The fourth-order valence-corrected chi connectivity index (χ4v) is 5.03. The van der Waals surface area contributed by atoms with Gasteiger partial charge in [0.15, 0.2) is 0 Å². The second-order valence-corrected chi connectivity index (χ2v) is 9.77. The molecule has 1 aliphatic carbocycles. The van der Waals surface area contributed by atoms with E-state index in [-0.39, 0.29) is 28.7 Å². The van der Waals surface area contributed by atoms with E-state index in [0.717, 1.165) is 18.5 Å². The Hall–Kier alpha value is -2.91. The van der Waals surface area contributed by atoms with Gasteiger partial charge in [-0.2, -0.15) is 0 Å². The second-order valence-electron chi connectivity index (χ2n) is 8.05. The first-order valence-electron chi connectivity index (χ1n) is 10.4. The van der Waals surface area contributed by atoms with Gasteiger partial charge in [0.05, 0.1) is 16.3 Å². The third kappa shape index (κ3) is 5.05. The van der Waals surface area contributed by atoms with E-state index >= 15 is 0 Å². The number of sulfonamides is 1. The van der Waals surface area contributed by atoms with Gasteiger partial charge in [-0.1, -0.05) is 12.1 Å². The first kappa shape index (κ1) is 21.3. The van der Waals surface area contributed by atoms with Crippen LogP contribution in [0.5, 0.6) is 0 Å². The standard InChI is InChI=1S/C22H26N4O4S/c23-21(27)15-11-13-26(14-12-15)20-4-2-1-3-19(20)24-22(28)16-5-9-18(10-6-16)31(29,30)25-17-7-8-17/h1-6,9-10,15,17,25H,7-8,11-14H2,(H2,23,27)(H,24,28). The summed E-state index contributed by atoms with van der Waals surface area (Å²) in [5, 5.41) is 2.92. The zero-order valence-corrected chi connectivity index (χ0v) is 17.9. The molecule has 4 N–H and O–H groups in total. The topological polar surface area (TPSA) is 122 Å². The van der Waals surface area contributed by atoms with Crippen molar-refractivity contribution in [1.82, 2.24) is 4.72 Å². The fourth-order valence-electron chi connectivity index (χ4n) is 3.73. The van der Waals surface area contributed by atoms with Crippen LogP contribution in [0.25, 0.3) is 0 Å². The number of rotatable bonds is 7. The molecule has 0 radical (unpaired) electrons. The predicted octanol–water partition coefficient (Wildman–Crippen LogP) is 2.08. The van der Waals surface area contributed by atoms with E-state index in [1.807, 2.05) is 24.3 Å². The molecule has 2 aliphatic rings. The Balaban J connectivity index is 1.45. The maximum Gasteiger partial charge on any atom is 0.255 e. The predicted molar refractivity (Wildman–Crippen MR) is 118 cm³/mol. The zero-order valence-electron chi connectivity index (χ0n) is 17.1. The number of primary amides is 1. The molecule has 0 aromatic heterocycles. The fraction of sp³-hybridized carbons (Fsp3) is 0.364. The number of hydrogen-bond donors (Lipinski definition) is 3. The average molecular weight is 443 g/mol. The molecular formula is C22H26N4O4S. The van der Waals surface area contributed by atoms with Crippen molar-refractivity contribution in [3.63, 3.8) is 0 Å². The van der Waals surface area contributed by atoms with Crippen LogP contribution < -0.4 is 20.7 Å². The lowest BCUT2D eigenvalue weighted by Gasteiger charge is -2.33. The van der Waals surface area contributed by atoms with Gasteiger partial charge < -0.3 is 16.0 Å². The van der Waals surface area contributed by atoms with Crippen LogP contribution in [-0.4, -0.2) is 39.4 Å². The maximum atomic E-state index is 12.8. The summed E-state index contributed by atoms with van der Waals surface area (Å²) >= 11 is 0. The van der Waals surface area contributed by atoms with Gasteiger partial charge in [0.25, 0.3) is 5.91 Å². The van der Waals surface area contributed by atoms with Gasteiger partial charge in [-0.25, -0.2) is 13.1 Å². The SMILES string of the molecule is NC(=O)C1CCN(c2ccccc2NC(=O)c2ccc(S(=O)(=O)NC3CC3)cc2)CC1. The highest BCUT2D eigenvalue weighted by molar-refractivity contribution is 7.89.